The minimum absolute atomic E-state index is 0.0700. The van der Waals surface area contributed by atoms with Crippen molar-refractivity contribution in [2.24, 2.45) is 0 Å². The Kier molecular flexibility index (Phi) is 6.08. The Hall–Kier alpha value is -3.10. The summed E-state index contributed by atoms with van der Waals surface area (Å²) in [6.07, 6.45) is 5.25. The lowest BCUT2D eigenvalue weighted by molar-refractivity contribution is -0.120. The number of aromatic amines is 1. The third kappa shape index (κ3) is 4.73. The van der Waals surface area contributed by atoms with E-state index in [4.69, 9.17) is 0 Å². The van der Waals surface area contributed by atoms with Gasteiger partial charge in [-0.2, -0.15) is 0 Å². The maximum absolute atomic E-state index is 13.1. The topological polar surface area (TPSA) is 78.8 Å². The number of nitrogens with zero attached hydrogens (tertiary/aromatic N) is 4. The molecule has 1 amide bonds. The number of carbonyl (C=O) groups is 1. The number of amides is 1. The molecule has 2 atom stereocenters. The fraction of sp³-hybridized carbons (Fsp3) is 0.370. The third-order valence-corrected chi connectivity index (χ3v) is 7.98. The lowest BCUT2D eigenvalue weighted by atomic mass is 10.1. The van der Waals surface area contributed by atoms with E-state index in [1.54, 1.807) is 0 Å². The molecule has 2 aliphatic rings. The molecule has 2 fully saturated rings. The van der Waals surface area contributed by atoms with Crippen LogP contribution in [0.1, 0.15) is 37.8 Å². The van der Waals surface area contributed by atoms with Crippen molar-refractivity contribution in [1.82, 2.24) is 30.0 Å². The molecule has 0 bridgehead atoms. The molecule has 35 heavy (non-hydrogen) atoms. The van der Waals surface area contributed by atoms with Crippen LogP contribution in [-0.2, 0) is 11.3 Å². The Morgan fingerprint density at radius 2 is 1.91 bits per heavy atom. The van der Waals surface area contributed by atoms with Crippen LogP contribution in [0.2, 0.25) is 0 Å². The zero-order valence-corrected chi connectivity index (χ0v) is 20.7. The monoisotopic (exact) mass is 486 g/mol. The highest BCUT2D eigenvalue weighted by molar-refractivity contribution is 8.00. The van der Waals surface area contributed by atoms with Crippen molar-refractivity contribution in [3.8, 4) is 11.4 Å². The average Bonchev–Trinajstić information content (AvgIpc) is 3.26. The Bertz CT molecular complexity index is 1330. The van der Waals surface area contributed by atoms with Crippen LogP contribution in [0.4, 0.5) is 0 Å². The van der Waals surface area contributed by atoms with Crippen LogP contribution in [0.25, 0.3) is 22.3 Å². The number of hydrogen-bond donors (Lipinski definition) is 2. The zero-order chi connectivity index (χ0) is 23.8. The molecule has 4 aromatic rings. The van der Waals surface area contributed by atoms with Gasteiger partial charge in [-0.3, -0.25) is 14.3 Å². The van der Waals surface area contributed by atoms with Crippen molar-refractivity contribution in [3.63, 3.8) is 0 Å². The lowest BCUT2D eigenvalue weighted by Crippen LogP contribution is -2.40. The van der Waals surface area contributed by atoms with Gasteiger partial charge in [0.1, 0.15) is 0 Å². The molecule has 2 aromatic heterocycles. The number of hydrogen-bond acceptors (Lipinski definition) is 5. The Morgan fingerprint density at radius 3 is 2.74 bits per heavy atom. The predicted octanol–water partition coefficient (Wildman–Crippen LogP) is 4.63. The summed E-state index contributed by atoms with van der Waals surface area (Å²) < 4.78 is 2.24. The van der Waals surface area contributed by atoms with Gasteiger partial charge in [-0.1, -0.05) is 60.3 Å². The second kappa shape index (κ2) is 9.51. The van der Waals surface area contributed by atoms with Crippen LogP contribution in [0, 0.1) is 0 Å². The molecular weight excluding hydrogens is 456 g/mol. The van der Waals surface area contributed by atoms with Gasteiger partial charge < -0.3 is 10.3 Å². The smallest absolute Gasteiger partial charge is 0.233 e. The molecule has 2 N–H and O–H groups in total. The Labute approximate surface area is 209 Å². The molecule has 3 heterocycles. The van der Waals surface area contributed by atoms with E-state index in [0.29, 0.717) is 6.04 Å². The molecule has 180 valence electrons. The van der Waals surface area contributed by atoms with Crippen LogP contribution in [-0.4, -0.2) is 54.9 Å². The average molecular weight is 487 g/mol. The van der Waals surface area contributed by atoms with Crippen LogP contribution in [0.15, 0.2) is 66.0 Å². The second-order valence-corrected chi connectivity index (χ2v) is 10.9. The number of thioether (sulfide) groups is 1. The lowest BCUT2D eigenvalue weighted by Gasteiger charge is -2.18. The fourth-order valence-corrected chi connectivity index (χ4v) is 5.85. The third-order valence-electron chi connectivity index (χ3n) is 6.93. The summed E-state index contributed by atoms with van der Waals surface area (Å²) in [6.45, 7) is 4.79. The van der Waals surface area contributed by atoms with E-state index in [-0.39, 0.29) is 17.2 Å². The molecule has 1 saturated carbocycles. The number of likely N-dealkylation sites (tertiary alicyclic amines) is 1. The molecule has 8 heteroatoms. The summed E-state index contributed by atoms with van der Waals surface area (Å²) in [6, 6.07) is 19.4. The van der Waals surface area contributed by atoms with Crippen molar-refractivity contribution >= 4 is 28.6 Å². The number of nitrogens with one attached hydrogen (secondary N) is 2. The van der Waals surface area contributed by atoms with Gasteiger partial charge in [0.05, 0.1) is 5.25 Å². The predicted molar refractivity (Wildman–Crippen MR) is 139 cm³/mol. The number of H-pyrrole nitrogens is 1. The van der Waals surface area contributed by atoms with Crippen molar-refractivity contribution in [2.45, 2.75) is 55.2 Å². The van der Waals surface area contributed by atoms with Crippen molar-refractivity contribution in [2.75, 3.05) is 13.1 Å². The number of benzene rings is 2. The molecule has 1 aliphatic heterocycles. The fourth-order valence-electron chi connectivity index (χ4n) is 4.93. The van der Waals surface area contributed by atoms with Gasteiger partial charge in [-0.25, -0.2) is 0 Å². The van der Waals surface area contributed by atoms with E-state index in [9.17, 15) is 4.79 Å². The standard InChI is InChI=1S/C27H30N6OS/c1-18(26(34)29-20-13-14-32(17-20)16-19-7-3-2-4-8-19)35-27-31-30-25(33(27)21-11-12-21)23-15-28-24-10-6-5-9-22(23)24/h2-10,15,18,20-21,28H,11-14,16-17H2,1H3,(H,29,34). The normalized spacial score (nSPS) is 19.3. The molecule has 0 spiro atoms. The first-order chi connectivity index (χ1) is 17.2. The van der Waals surface area contributed by atoms with Gasteiger partial charge in [-0.05, 0) is 37.8 Å². The van der Waals surface area contributed by atoms with E-state index in [1.165, 1.54) is 17.3 Å². The highest BCUT2D eigenvalue weighted by Gasteiger charge is 2.33. The molecular formula is C27H30N6OS. The molecule has 1 saturated heterocycles. The van der Waals surface area contributed by atoms with Gasteiger partial charge >= 0.3 is 0 Å². The summed E-state index contributed by atoms with van der Waals surface area (Å²) in [4.78, 5) is 18.8. The van der Waals surface area contributed by atoms with E-state index in [2.05, 4.69) is 66.4 Å². The highest BCUT2D eigenvalue weighted by Crippen LogP contribution is 2.42. The second-order valence-electron chi connectivity index (χ2n) is 9.63. The van der Waals surface area contributed by atoms with Crippen LogP contribution >= 0.6 is 11.8 Å². The van der Waals surface area contributed by atoms with Crippen LogP contribution in [0.3, 0.4) is 0 Å². The first kappa shape index (κ1) is 22.4. The van der Waals surface area contributed by atoms with Gasteiger partial charge in [0.25, 0.3) is 0 Å². The minimum Gasteiger partial charge on any atom is -0.360 e. The van der Waals surface area contributed by atoms with Gasteiger partial charge in [0.15, 0.2) is 11.0 Å². The molecule has 0 radical (unpaired) electrons. The quantitative estimate of drug-likeness (QED) is 0.355. The van der Waals surface area contributed by atoms with Crippen molar-refractivity contribution < 1.29 is 4.79 Å². The molecule has 2 aromatic carbocycles. The zero-order valence-electron chi connectivity index (χ0n) is 19.9. The number of rotatable bonds is 8. The van der Waals surface area contributed by atoms with E-state index < -0.39 is 0 Å². The van der Waals surface area contributed by atoms with E-state index >= 15 is 0 Å². The van der Waals surface area contributed by atoms with E-state index in [0.717, 1.165) is 66.3 Å². The van der Waals surface area contributed by atoms with Crippen molar-refractivity contribution in [1.29, 1.82) is 0 Å². The molecule has 6 rings (SSSR count). The SMILES string of the molecule is CC(Sc1nnc(-c2c[nH]c3ccccc23)n1C1CC1)C(=O)NC1CCN(Cc2ccccc2)C1. The van der Waals surface area contributed by atoms with Crippen LogP contribution < -0.4 is 5.32 Å². The number of carbonyl (C=O) groups excluding carboxylic acids is 1. The largest absolute Gasteiger partial charge is 0.360 e. The number of para-hydroxylation sites is 1. The maximum atomic E-state index is 13.1. The summed E-state index contributed by atoms with van der Waals surface area (Å²) in [5.74, 6) is 0.952. The summed E-state index contributed by atoms with van der Waals surface area (Å²) in [5.41, 5.74) is 3.47. The first-order valence-corrected chi connectivity index (χ1v) is 13.3. The van der Waals surface area contributed by atoms with E-state index in [1.807, 2.05) is 31.3 Å². The summed E-state index contributed by atoms with van der Waals surface area (Å²) in [5, 5.41) is 14.1. The van der Waals surface area contributed by atoms with Gasteiger partial charge in [0, 0.05) is 54.4 Å². The molecule has 7 nitrogen and oxygen atoms in total. The van der Waals surface area contributed by atoms with Crippen molar-refractivity contribution in [3.05, 3.63) is 66.4 Å². The minimum atomic E-state index is -0.240. The number of fused-ring (bicyclic) bond motifs is 1. The van der Waals surface area contributed by atoms with Crippen LogP contribution in [0.5, 0.6) is 0 Å². The molecule has 2 unspecified atom stereocenters. The molecule has 1 aliphatic carbocycles. The van der Waals surface area contributed by atoms with Gasteiger partial charge in [-0.15, -0.1) is 10.2 Å². The first-order valence-electron chi connectivity index (χ1n) is 12.4. The maximum Gasteiger partial charge on any atom is 0.233 e. The Balaban J connectivity index is 1.12. The highest BCUT2D eigenvalue weighted by atomic mass is 32.2. The summed E-state index contributed by atoms with van der Waals surface area (Å²) >= 11 is 1.51. The Morgan fingerprint density at radius 1 is 1.11 bits per heavy atom. The number of aromatic nitrogens is 4. The summed E-state index contributed by atoms with van der Waals surface area (Å²) in [7, 11) is 0. The van der Waals surface area contributed by atoms with Gasteiger partial charge in [0.2, 0.25) is 5.91 Å².